The molecule has 6 heteroatoms. The van der Waals surface area contributed by atoms with Crippen LogP contribution in [-0.4, -0.2) is 42.7 Å². The van der Waals surface area contributed by atoms with Crippen molar-refractivity contribution < 1.29 is 18.0 Å². The quantitative estimate of drug-likeness (QED) is 0.855. The van der Waals surface area contributed by atoms with Crippen LogP contribution in [0.15, 0.2) is 0 Å². The predicted octanol–water partition coefficient (Wildman–Crippen LogP) is 2.18. The molecule has 0 aromatic rings. The standard InChI is InChI=1S/C13H21F3N2O/c1-9(2)18(7-10-3-4-10)11(19)12(13(14,15)16)5-6-17-8-12/h9-10,17H,3-8H2,1-2H3. The van der Waals surface area contributed by atoms with Crippen LogP contribution in [0.4, 0.5) is 13.2 Å². The first-order valence-electron chi connectivity index (χ1n) is 6.86. The Morgan fingerprint density at radius 1 is 1.42 bits per heavy atom. The van der Waals surface area contributed by atoms with Gasteiger partial charge < -0.3 is 10.2 Å². The van der Waals surface area contributed by atoms with Crippen molar-refractivity contribution in [2.24, 2.45) is 11.3 Å². The molecule has 1 N–H and O–H groups in total. The van der Waals surface area contributed by atoms with E-state index in [4.69, 9.17) is 0 Å². The zero-order chi connectivity index (χ0) is 14.3. The first-order chi connectivity index (χ1) is 8.78. The van der Waals surface area contributed by atoms with Gasteiger partial charge in [-0.15, -0.1) is 0 Å². The second-order valence-corrected chi connectivity index (χ2v) is 6.00. The number of rotatable bonds is 4. The molecule has 1 aliphatic carbocycles. The van der Waals surface area contributed by atoms with Gasteiger partial charge in [0.15, 0.2) is 5.41 Å². The molecular formula is C13H21F3N2O. The number of halogens is 3. The number of nitrogens with zero attached hydrogens (tertiary/aromatic N) is 1. The Hall–Kier alpha value is -0.780. The Kier molecular flexibility index (Phi) is 3.82. The highest BCUT2D eigenvalue weighted by atomic mass is 19.4. The summed E-state index contributed by atoms with van der Waals surface area (Å²) in [6.07, 6.45) is -2.59. The molecule has 1 atom stereocenters. The molecule has 2 rings (SSSR count). The van der Waals surface area contributed by atoms with E-state index in [-0.39, 0.29) is 25.6 Å². The van der Waals surface area contributed by atoms with Gasteiger partial charge in [-0.2, -0.15) is 13.2 Å². The second kappa shape index (κ2) is 4.96. The molecular weight excluding hydrogens is 257 g/mol. The summed E-state index contributed by atoms with van der Waals surface area (Å²) in [5.74, 6) is -0.349. The van der Waals surface area contributed by atoms with Crippen LogP contribution < -0.4 is 5.32 Å². The lowest BCUT2D eigenvalue weighted by molar-refractivity contribution is -0.222. The second-order valence-electron chi connectivity index (χ2n) is 6.00. The SMILES string of the molecule is CC(C)N(CC1CC1)C(=O)C1(C(F)(F)F)CCNC1. The van der Waals surface area contributed by atoms with Crippen LogP contribution in [0.2, 0.25) is 0 Å². The number of amides is 1. The van der Waals surface area contributed by atoms with Crippen LogP contribution >= 0.6 is 0 Å². The third kappa shape index (κ3) is 2.73. The smallest absolute Gasteiger partial charge is 0.339 e. The summed E-state index contributed by atoms with van der Waals surface area (Å²) in [6.45, 7) is 4.00. The monoisotopic (exact) mass is 278 g/mol. The number of hydrogen-bond donors (Lipinski definition) is 1. The third-order valence-corrected chi connectivity index (χ3v) is 4.14. The van der Waals surface area contributed by atoms with Gasteiger partial charge in [0.2, 0.25) is 5.91 Å². The number of carbonyl (C=O) groups excluding carboxylic acids is 1. The lowest BCUT2D eigenvalue weighted by Gasteiger charge is -2.37. The minimum atomic E-state index is -4.48. The van der Waals surface area contributed by atoms with Gasteiger partial charge in [-0.25, -0.2) is 0 Å². The number of nitrogens with one attached hydrogen (secondary N) is 1. The molecule has 3 nitrogen and oxygen atoms in total. The van der Waals surface area contributed by atoms with Gasteiger partial charge in [0.05, 0.1) is 0 Å². The Labute approximate surface area is 111 Å². The van der Waals surface area contributed by atoms with E-state index >= 15 is 0 Å². The number of alkyl halides is 3. The van der Waals surface area contributed by atoms with Crippen LogP contribution in [0, 0.1) is 11.3 Å². The Balaban J connectivity index is 2.21. The summed E-state index contributed by atoms with van der Waals surface area (Å²) in [5.41, 5.74) is -2.22. The highest BCUT2D eigenvalue weighted by Gasteiger charge is 2.62. The van der Waals surface area contributed by atoms with Crippen LogP contribution in [0.5, 0.6) is 0 Å². The zero-order valence-corrected chi connectivity index (χ0v) is 11.4. The minimum absolute atomic E-state index is 0.150. The summed E-state index contributed by atoms with van der Waals surface area (Å²) >= 11 is 0. The van der Waals surface area contributed by atoms with E-state index in [1.165, 1.54) is 4.90 Å². The average Bonchev–Trinajstić information content (AvgIpc) is 2.96. The highest BCUT2D eigenvalue weighted by Crippen LogP contribution is 2.45. The van der Waals surface area contributed by atoms with E-state index in [1.54, 1.807) is 13.8 Å². The molecule has 2 aliphatic rings. The van der Waals surface area contributed by atoms with Gasteiger partial charge in [0, 0.05) is 19.1 Å². The first kappa shape index (κ1) is 14.6. The third-order valence-electron chi connectivity index (χ3n) is 4.14. The molecule has 1 heterocycles. The molecule has 2 fully saturated rings. The molecule has 1 saturated heterocycles. The van der Waals surface area contributed by atoms with Gasteiger partial charge in [0.25, 0.3) is 0 Å². The normalized spacial score (nSPS) is 27.9. The molecule has 0 aromatic carbocycles. The lowest BCUT2D eigenvalue weighted by atomic mass is 9.84. The van der Waals surface area contributed by atoms with Crippen molar-refractivity contribution in [3.05, 3.63) is 0 Å². The molecule has 110 valence electrons. The van der Waals surface area contributed by atoms with E-state index in [0.717, 1.165) is 12.8 Å². The Morgan fingerprint density at radius 3 is 2.42 bits per heavy atom. The maximum atomic E-state index is 13.4. The van der Waals surface area contributed by atoms with Crippen molar-refractivity contribution in [1.82, 2.24) is 10.2 Å². The number of hydrogen-bond acceptors (Lipinski definition) is 2. The van der Waals surface area contributed by atoms with Crippen LogP contribution in [0.25, 0.3) is 0 Å². The molecule has 19 heavy (non-hydrogen) atoms. The fourth-order valence-electron chi connectivity index (χ4n) is 2.62. The predicted molar refractivity (Wildman–Crippen MR) is 65.5 cm³/mol. The van der Waals surface area contributed by atoms with Gasteiger partial charge >= 0.3 is 6.18 Å². The molecule has 1 aliphatic heterocycles. The van der Waals surface area contributed by atoms with Crippen molar-refractivity contribution in [1.29, 1.82) is 0 Å². The fourth-order valence-corrected chi connectivity index (χ4v) is 2.62. The van der Waals surface area contributed by atoms with Gasteiger partial charge in [-0.1, -0.05) is 0 Å². The Morgan fingerprint density at radius 2 is 2.05 bits per heavy atom. The largest absolute Gasteiger partial charge is 0.404 e. The molecule has 0 aromatic heterocycles. The summed E-state index contributed by atoms with van der Waals surface area (Å²) in [5, 5.41) is 2.70. The van der Waals surface area contributed by atoms with Crippen molar-refractivity contribution in [3.63, 3.8) is 0 Å². The van der Waals surface area contributed by atoms with Gasteiger partial charge in [-0.05, 0) is 45.6 Å². The van der Waals surface area contributed by atoms with Crippen molar-refractivity contribution in [3.8, 4) is 0 Å². The topological polar surface area (TPSA) is 32.3 Å². The summed E-state index contributed by atoms with van der Waals surface area (Å²) < 4.78 is 40.1. The van der Waals surface area contributed by atoms with E-state index < -0.39 is 17.5 Å². The van der Waals surface area contributed by atoms with E-state index in [1.807, 2.05) is 0 Å². The number of carbonyl (C=O) groups is 1. The molecule has 0 radical (unpaired) electrons. The van der Waals surface area contributed by atoms with E-state index in [0.29, 0.717) is 12.5 Å². The maximum Gasteiger partial charge on any atom is 0.404 e. The zero-order valence-electron chi connectivity index (χ0n) is 11.4. The first-order valence-corrected chi connectivity index (χ1v) is 6.86. The lowest BCUT2D eigenvalue weighted by Crippen LogP contribution is -2.55. The van der Waals surface area contributed by atoms with Gasteiger partial charge in [0.1, 0.15) is 0 Å². The molecule has 1 saturated carbocycles. The Bertz CT molecular complexity index is 344. The van der Waals surface area contributed by atoms with E-state index in [9.17, 15) is 18.0 Å². The van der Waals surface area contributed by atoms with Crippen LogP contribution in [-0.2, 0) is 4.79 Å². The van der Waals surface area contributed by atoms with Crippen molar-refractivity contribution in [2.75, 3.05) is 19.6 Å². The van der Waals surface area contributed by atoms with Crippen molar-refractivity contribution >= 4 is 5.91 Å². The minimum Gasteiger partial charge on any atom is -0.339 e. The van der Waals surface area contributed by atoms with Crippen LogP contribution in [0.1, 0.15) is 33.1 Å². The fraction of sp³-hybridized carbons (Fsp3) is 0.923. The van der Waals surface area contributed by atoms with Crippen LogP contribution in [0.3, 0.4) is 0 Å². The highest BCUT2D eigenvalue weighted by molar-refractivity contribution is 5.84. The molecule has 1 unspecified atom stereocenters. The average molecular weight is 278 g/mol. The summed E-state index contributed by atoms with van der Waals surface area (Å²) in [6, 6.07) is -0.187. The van der Waals surface area contributed by atoms with Gasteiger partial charge in [-0.3, -0.25) is 4.79 Å². The summed E-state index contributed by atoms with van der Waals surface area (Å²) in [7, 11) is 0. The molecule has 0 spiro atoms. The van der Waals surface area contributed by atoms with E-state index in [2.05, 4.69) is 5.32 Å². The molecule has 0 bridgehead atoms. The maximum absolute atomic E-state index is 13.4. The van der Waals surface area contributed by atoms with Crippen molar-refractivity contribution in [2.45, 2.75) is 45.3 Å². The molecule has 1 amide bonds. The summed E-state index contributed by atoms with van der Waals surface area (Å²) in [4.78, 5) is 13.9.